The number of carboxylic acid groups (broad SMARTS) is 1. The molecule has 0 radical (unpaired) electrons. The minimum atomic E-state index is -4.32. The molecule has 7 rings (SSSR count). The van der Waals surface area contributed by atoms with E-state index in [4.69, 9.17) is 10.2 Å². The highest BCUT2D eigenvalue weighted by atomic mass is 19.4. The quantitative estimate of drug-likeness (QED) is 0.0468. The highest BCUT2D eigenvalue weighted by Gasteiger charge is 2.39. The molecule has 1 aliphatic rings. The Kier molecular flexibility index (Phi) is 14.2. The number of nitrogens with one attached hydrogen (secondary N) is 2. The number of ketones is 1. The van der Waals surface area contributed by atoms with Crippen molar-refractivity contribution >= 4 is 34.7 Å². The van der Waals surface area contributed by atoms with Gasteiger partial charge < -0.3 is 26.0 Å². The average Bonchev–Trinajstić information content (AvgIpc) is 3.54. The number of carbonyl (C=O) groups excluding carboxylic acids is 1. The van der Waals surface area contributed by atoms with Crippen LogP contribution in [0.3, 0.4) is 0 Å². The van der Waals surface area contributed by atoms with E-state index in [1.165, 1.54) is 12.3 Å². The molecule has 13 nitrogen and oxygen atoms in total. The van der Waals surface area contributed by atoms with Crippen LogP contribution in [0.2, 0.25) is 0 Å². The predicted octanol–water partition coefficient (Wildman–Crippen LogP) is 7.45. The molecule has 6 aromatic rings. The monoisotopic (exact) mass is 892 g/mol. The zero-order valence-electron chi connectivity index (χ0n) is 34.1. The Morgan fingerprint density at radius 2 is 1.19 bits per heavy atom. The molecule has 0 saturated heterocycles. The van der Waals surface area contributed by atoms with Crippen LogP contribution < -0.4 is 10.6 Å². The van der Waals surface area contributed by atoms with Crippen molar-refractivity contribution < 1.29 is 55.6 Å². The Bertz CT molecular complexity index is 2830. The molecule has 1 saturated carbocycles. The van der Waals surface area contributed by atoms with Crippen molar-refractivity contribution in [2.45, 2.75) is 58.1 Å². The second-order valence-corrected chi connectivity index (χ2v) is 14.6. The number of nitrogens with zero attached hydrogens (tertiary/aromatic N) is 6. The summed E-state index contributed by atoms with van der Waals surface area (Å²) < 4.78 is 91.7. The number of Topliss-reactive ketones (excluding diaryl/α,β-unsaturated/α-hetero) is 1. The molecular weight excluding hydrogens is 854 g/mol. The molecule has 0 amide bonds. The molecule has 0 spiro atoms. The number of carboxylic acids is 1. The van der Waals surface area contributed by atoms with Crippen molar-refractivity contribution in [1.29, 1.82) is 0 Å². The van der Waals surface area contributed by atoms with E-state index < -0.39 is 57.1 Å². The molecule has 5 N–H and O–H groups in total. The molecule has 64 heavy (non-hydrogen) atoms. The lowest BCUT2D eigenvalue weighted by molar-refractivity contribution is -0.132. The predicted molar refractivity (Wildman–Crippen MR) is 221 cm³/mol. The Balaban J connectivity index is 0.000000214. The van der Waals surface area contributed by atoms with E-state index in [0.29, 0.717) is 45.8 Å². The van der Waals surface area contributed by atoms with Gasteiger partial charge in [-0.25, -0.2) is 29.1 Å². The van der Waals surface area contributed by atoms with Gasteiger partial charge in [0.15, 0.2) is 28.7 Å². The molecule has 334 valence electrons. The van der Waals surface area contributed by atoms with Gasteiger partial charge in [0.05, 0.1) is 42.2 Å². The number of rotatable bonds is 12. The van der Waals surface area contributed by atoms with Gasteiger partial charge in [-0.1, -0.05) is 30.0 Å². The zero-order chi connectivity index (χ0) is 46.3. The van der Waals surface area contributed by atoms with Gasteiger partial charge in [0, 0.05) is 54.5 Å². The molecule has 1 aliphatic carbocycles. The molecule has 1 fully saturated rings. The lowest BCUT2D eigenvalue weighted by atomic mass is 9.98. The standard InChI is InChI=1S/C24H22F4N4O2.C20H17F3N4O3/c1-14-9-15(4-5-18(14)21(34)11-16-10-19(16)25)20-12-30-23-22(29-7-6-24(26,27)28)31-17(3-2-8-33)13-32(20)23;1-12-9-13(4-5-15(12)19(29)30)16-10-25-18-17(24-7-6-20(21,22)23)26-14(3-2-8-28)11-27(16)18/h4-5,9,12-13,16,19,33H,6-8,10-11H2,1H3,(H,29,31);4-5,9-11,28H,6-8H2,1H3,(H,24,26)(H,29,30)/t16?,19-;/m0./s1. The minimum absolute atomic E-state index is 0.103. The van der Waals surface area contributed by atoms with E-state index in [1.807, 2.05) is 6.07 Å². The van der Waals surface area contributed by atoms with E-state index in [0.717, 1.165) is 11.1 Å². The molecule has 1 unspecified atom stereocenters. The summed E-state index contributed by atoms with van der Waals surface area (Å²) in [4.78, 5) is 40.8. The van der Waals surface area contributed by atoms with Crippen molar-refractivity contribution in [2.24, 2.45) is 5.92 Å². The number of halogens is 7. The van der Waals surface area contributed by atoms with Gasteiger partial charge in [-0.2, -0.15) is 26.3 Å². The summed E-state index contributed by atoms with van der Waals surface area (Å²) >= 11 is 0. The molecule has 0 aliphatic heterocycles. The summed E-state index contributed by atoms with van der Waals surface area (Å²) in [6.07, 6.45) is -4.79. The number of aliphatic hydroxyl groups is 2. The maximum atomic E-state index is 13.2. The Morgan fingerprint density at radius 1 is 0.750 bits per heavy atom. The first kappa shape index (κ1) is 46.5. The van der Waals surface area contributed by atoms with E-state index in [2.05, 4.69) is 54.3 Å². The maximum absolute atomic E-state index is 13.2. The lowest BCUT2D eigenvalue weighted by Crippen LogP contribution is -2.16. The van der Waals surface area contributed by atoms with Crippen LogP contribution in [0.5, 0.6) is 0 Å². The fourth-order valence-electron chi connectivity index (χ4n) is 6.64. The second-order valence-electron chi connectivity index (χ2n) is 14.6. The summed E-state index contributed by atoms with van der Waals surface area (Å²) in [6, 6.07) is 10.0. The smallest absolute Gasteiger partial charge is 0.390 e. The maximum Gasteiger partial charge on any atom is 0.390 e. The molecule has 0 bridgehead atoms. The average molecular weight is 893 g/mol. The van der Waals surface area contributed by atoms with Crippen molar-refractivity contribution in [1.82, 2.24) is 28.7 Å². The fourth-order valence-corrected chi connectivity index (χ4v) is 6.64. The Hall–Kier alpha value is -7.03. The van der Waals surface area contributed by atoms with E-state index >= 15 is 0 Å². The van der Waals surface area contributed by atoms with Crippen LogP contribution in [-0.2, 0) is 0 Å². The number of aliphatic hydroxyl groups excluding tert-OH is 2. The van der Waals surface area contributed by atoms with Gasteiger partial charge in [-0.3, -0.25) is 13.6 Å². The summed E-state index contributed by atoms with van der Waals surface area (Å²) in [7, 11) is 0. The van der Waals surface area contributed by atoms with Crippen LogP contribution >= 0.6 is 0 Å². The molecule has 4 heterocycles. The van der Waals surface area contributed by atoms with Gasteiger partial charge in [0.1, 0.15) is 30.8 Å². The number of hydrogen-bond acceptors (Lipinski definition) is 10. The van der Waals surface area contributed by atoms with E-state index in [9.17, 15) is 45.4 Å². The van der Waals surface area contributed by atoms with Gasteiger partial charge in [-0.15, -0.1) is 0 Å². The normalized spacial score (nSPS) is 14.5. The highest BCUT2D eigenvalue weighted by Crippen LogP contribution is 2.38. The number of aromatic nitrogens is 6. The van der Waals surface area contributed by atoms with Crippen molar-refractivity contribution in [3.63, 3.8) is 0 Å². The van der Waals surface area contributed by atoms with Gasteiger partial charge in [0.2, 0.25) is 0 Å². The van der Waals surface area contributed by atoms with Crippen LogP contribution in [0, 0.1) is 43.4 Å². The minimum Gasteiger partial charge on any atom is -0.478 e. The largest absolute Gasteiger partial charge is 0.478 e. The molecule has 4 aromatic heterocycles. The summed E-state index contributed by atoms with van der Waals surface area (Å²) in [5.41, 5.74) is 5.64. The van der Waals surface area contributed by atoms with Crippen molar-refractivity contribution in [3.05, 3.63) is 94.8 Å². The number of alkyl halides is 7. The first-order valence-electron chi connectivity index (χ1n) is 19.5. The Morgan fingerprint density at radius 3 is 1.56 bits per heavy atom. The fraction of sp³-hybridized carbons (Fsp3) is 0.318. The SMILES string of the molecule is Cc1cc(-c2cnc3c(NCCC(F)(F)F)nc(C#CCO)cn23)ccc1C(=O)CC1C[C@@H]1F.Cc1cc(-c2cnc3c(NCCC(F)(F)F)nc(C#CCO)cn23)ccc1C(=O)O. The number of aryl methyl sites for hydroxylation is 2. The molecular formula is C44H39F7N8O5. The third-order valence-corrected chi connectivity index (χ3v) is 9.84. The highest BCUT2D eigenvalue weighted by molar-refractivity contribution is 5.98. The van der Waals surface area contributed by atoms with Crippen molar-refractivity contribution in [3.8, 4) is 46.2 Å². The molecule has 20 heteroatoms. The molecule has 2 aromatic carbocycles. The second kappa shape index (κ2) is 19.6. The Labute approximate surface area is 360 Å². The first-order valence-corrected chi connectivity index (χ1v) is 19.5. The summed E-state index contributed by atoms with van der Waals surface area (Å²) in [5.74, 6) is 9.15. The third-order valence-electron chi connectivity index (χ3n) is 9.84. The summed E-state index contributed by atoms with van der Waals surface area (Å²) in [5, 5.41) is 32.4. The van der Waals surface area contributed by atoms with Gasteiger partial charge in [-0.05, 0) is 61.4 Å². The number of hydrogen-bond donors (Lipinski definition) is 5. The number of carbonyl (C=O) groups is 2. The van der Waals surface area contributed by atoms with E-state index in [-0.39, 0.29) is 53.3 Å². The van der Waals surface area contributed by atoms with Crippen LogP contribution in [-0.4, -0.2) is 101 Å². The van der Waals surface area contributed by atoms with Crippen LogP contribution in [0.25, 0.3) is 33.8 Å². The lowest BCUT2D eigenvalue weighted by Gasteiger charge is -2.11. The number of benzene rings is 2. The van der Waals surface area contributed by atoms with Crippen molar-refractivity contribution in [2.75, 3.05) is 36.9 Å². The molecule has 2 atom stereocenters. The van der Waals surface area contributed by atoms with Crippen LogP contribution in [0.1, 0.15) is 68.9 Å². The van der Waals surface area contributed by atoms with E-state index in [1.54, 1.807) is 65.5 Å². The first-order chi connectivity index (χ1) is 30.3. The summed E-state index contributed by atoms with van der Waals surface area (Å²) in [6.45, 7) is 1.89. The number of anilines is 2. The third kappa shape index (κ3) is 11.7. The number of imidazole rings is 2. The van der Waals surface area contributed by atoms with Crippen LogP contribution in [0.15, 0.2) is 61.2 Å². The van der Waals surface area contributed by atoms with Gasteiger partial charge in [0.25, 0.3) is 0 Å². The topological polar surface area (TPSA) is 179 Å². The number of fused-ring (bicyclic) bond motifs is 2. The number of aromatic carboxylic acids is 1. The van der Waals surface area contributed by atoms with Crippen LogP contribution in [0.4, 0.5) is 42.4 Å². The van der Waals surface area contributed by atoms with Gasteiger partial charge >= 0.3 is 18.3 Å². The zero-order valence-corrected chi connectivity index (χ0v) is 34.1.